The van der Waals surface area contributed by atoms with Crippen molar-refractivity contribution in [1.82, 2.24) is 10.6 Å². The van der Waals surface area contributed by atoms with Gasteiger partial charge in [0, 0.05) is 12.1 Å². The topological polar surface area (TPSA) is 179 Å². The highest BCUT2D eigenvalue weighted by molar-refractivity contribution is 5.94. The van der Waals surface area contributed by atoms with Gasteiger partial charge in [0.05, 0.1) is 6.42 Å². The van der Waals surface area contributed by atoms with Gasteiger partial charge in [-0.05, 0) is 38.3 Å². The third-order valence-corrected chi connectivity index (χ3v) is 3.99. The van der Waals surface area contributed by atoms with Crippen LogP contribution in [0, 0.1) is 6.92 Å². The quantitative estimate of drug-likeness (QED) is 0.306. The number of benzene rings is 1. The minimum atomic E-state index is -1.75. The summed E-state index contributed by atoms with van der Waals surface area (Å²) in [6.07, 6.45) is -3.12. The van der Waals surface area contributed by atoms with Crippen LogP contribution in [-0.2, 0) is 19.1 Å². The smallest absolute Gasteiger partial charge is 0.408 e. The standard InChI is InChI=1S/C19H24N2O9/c1-11-5-7-12(8-6-11)16(24)20-9-3-2-4-14(18(27)28)30-19(29)21-13(17(25)26)10-15(22)23/h5-8,13-14H,2-4,9-10H2,1H3,(H,20,24)(H,21,29)(H,22,23)(H,25,26)(H,27,28)/t13-,14-/m0/s1. The molecule has 2 atom stereocenters. The van der Waals surface area contributed by atoms with Crippen molar-refractivity contribution >= 4 is 29.9 Å². The number of alkyl carbamates (subject to hydrolysis) is 1. The Hall–Kier alpha value is -3.63. The Balaban J connectivity index is 2.41. The van der Waals surface area contributed by atoms with Gasteiger partial charge >= 0.3 is 24.0 Å². The van der Waals surface area contributed by atoms with Gasteiger partial charge in [0.25, 0.3) is 5.91 Å². The van der Waals surface area contributed by atoms with Gasteiger partial charge in [0.15, 0.2) is 0 Å². The van der Waals surface area contributed by atoms with E-state index in [0.717, 1.165) is 5.56 Å². The maximum absolute atomic E-state index is 12.0. The molecule has 11 nitrogen and oxygen atoms in total. The SMILES string of the molecule is Cc1ccc(C(=O)NCCCC[C@H](OC(=O)N[C@@H](CC(=O)O)C(=O)O)C(=O)O)cc1. The summed E-state index contributed by atoms with van der Waals surface area (Å²) in [5.41, 5.74) is 1.52. The molecule has 1 aromatic carbocycles. The number of hydrogen-bond donors (Lipinski definition) is 5. The molecule has 0 heterocycles. The molecule has 0 fully saturated rings. The van der Waals surface area contributed by atoms with E-state index in [-0.39, 0.29) is 18.9 Å². The third-order valence-electron chi connectivity index (χ3n) is 3.99. The largest absolute Gasteiger partial charge is 0.481 e. The highest BCUT2D eigenvalue weighted by atomic mass is 16.6. The van der Waals surface area contributed by atoms with Crippen LogP contribution >= 0.6 is 0 Å². The lowest BCUT2D eigenvalue weighted by atomic mass is 10.1. The molecule has 0 aliphatic heterocycles. The molecule has 1 rings (SSSR count). The monoisotopic (exact) mass is 424 g/mol. The second-order valence-electron chi connectivity index (χ2n) is 6.48. The molecule has 164 valence electrons. The Bertz CT molecular complexity index is 777. The molecule has 0 saturated heterocycles. The van der Waals surface area contributed by atoms with Gasteiger partial charge < -0.3 is 30.7 Å². The van der Waals surface area contributed by atoms with Crippen LogP contribution in [0.15, 0.2) is 24.3 Å². The molecular weight excluding hydrogens is 400 g/mol. The zero-order chi connectivity index (χ0) is 22.7. The molecule has 1 aromatic rings. The van der Waals surface area contributed by atoms with Crippen LogP contribution in [-0.4, -0.2) is 63.9 Å². The Kier molecular flexibility index (Phi) is 9.80. The van der Waals surface area contributed by atoms with Crippen LogP contribution in [0.4, 0.5) is 4.79 Å². The lowest BCUT2D eigenvalue weighted by molar-refractivity contribution is -0.148. The van der Waals surface area contributed by atoms with Crippen LogP contribution in [0.5, 0.6) is 0 Å². The zero-order valence-electron chi connectivity index (χ0n) is 16.3. The van der Waals surface area contributed by atoms with Crippen LogP contribution in [0.2, 0.25) is 0 Å². The van der Waals surface area contributed by atoms with Gasteiger partial charge in [-0.2, -0.15) is 0 Å². The number of carbonyl (C=O) groups is 5. The first-order chi connectivity index (χ1) is 14.1. The van der Waals surface area contributed by atoms with Gasteiger partial charge in [-0.15, -0.1) is 0 Å². The van der Waals surface area contributed by atoms with Crippen molar-refractivity contribution in [3.63, 3.8) is 0 Å². The van der Waals surface area contributed by atoms with E-state index >= 15 is 0 Å². The molecule has 0 radical (unpaired) electrons. The summed E-state index contributed by atoms with van der Waals surface area (Å²) in [4.78, 5) is 56.4. The Labute approximate surface area is 172 Å². The predicted molar refractivity (Wildman–Crippen MR) is 102 cm³/mol. The van der Waals surface area contributed by atoms with Crippen molar-refractivity contribution in [2.75, 3.05) is 6.54 Å². The lowest BCUT2D eigenvalue weighted by Gasteiger charge is -2.17. The summed E-state index contributed by atoms with van der Waals surface area (Å²) in [7, 11) is 0. The number of rotatable bonds is 12. The number of aliphatic carboxylic acids is 3. The molecule has 0 aliphatic rings. The fraction of sp³-hybridized carbons (Fsp3) is 0.421. The second-order valence-corrected chi connectivity index (χ2v) is 6.48. The Morgan fingerprint density at radius 2 is 1.60 bits per heavy atom. The molecule has 0 saturated carbocycles. The maximum Gasteiger partial charge on any atom is 0.408 e. The summed E-state index contributed by atoms with van der Waals surface area (Å²) in [5.74, 6) is -4.74. The summed E-state index contributed by atoms with van der Waals surface area (Å²) in [6.45, 7) is 2.18. The average molecular weight is 424 g/mol. The van der Waals surface area contributed by atoms with E-state index in [9.17, 15) is 24.0 Å². The normalized spacial score (nSPS) is 12.3. The van der Waals surface area contributed by atoms with E-state index in [1.54, 1.807) is 24.3 Å². The second kappa shape index (κ2) is 12.0. The van der Waals surface area contributed by atoms with Crippen molar-refractivity contribution < 1.29 is 44.0 Å². The summed E-state index contributed by atoms with van der Waals surface area (Å²) in [6, 6.07) is 5.24. The zero-order valence-corrected chi connectivity index (χ0v) is 16.3. The average Bonchev–Trinajstić information content (AvgIpc) is 2.66. The lowest BCUT2D eigenvalue weighted by Crippen LogP contribution is -2.44. The Morgan fingerprint density at radius 3 is 2.13 bits per heavy atom. The van der Waals surface area contributed by atoms with Gasteiger partial charge in [-0.3, -0.25) is 9.59 Å². The van der Waals surface area contributed by atoms with Gasteiger partial charge in [0.2, 0.25) is 6.10 Å². The minimum Gasteiger partial charge on any atom is -0.481 e. The molecule has 0 spiro atoms. The number of unbranched alkanes of at least 4 members (excludes halogenated alkanes) is 1. The molecule has 0 bridgehead atoms. The maximum atomic E-state index is 12.0. The first kappa shape index (κ1) is 24.4. The van der Waals surface area contributed by atoms with E-state index in [1.165, 1.54) is 0 Å². The number of ether oxygens (including phenoxy) is 1. The van der Waals surface area contributed by atoms with E-state index in [2.05, 4.69) is 10.1 Å². The summed E-state index contributed by atoms with van der Waals surface area (Å²) in [5, 5.41) is 31.1. The van der Waals surface area contributed by atoms with Crippen LogP contribution < -0.4 is 10.6 Å². The fourth-order valence-corrected chi connectivity index (χ4v) is 2.38. The number of carbonyl (C=O) groups excluding carboxylic acids is 2. The van der Waals surface area contributed by atoms with Crippen molar-refractivity contribution in [1.29, 1.82) is 0 Å². The number of nitrogens with one attached hydrogen (secondary N) is 2. The van der Waals surface area contributed by atoms with Crippen molar-refractivity contribution in [3.8, 4) is 0 Å². The molecule has 0 aliphatic carbocycles. The van der Waals surface area contributed by atoms with Gasteiger partial charge in [-0.1, -0.05) is 17.7 Å². The predicted octanol–water partition coefficient (Wildman–Crippen LogP) is 1.00. The number of carboxylic acids is 3. The first-order valence-corrected chi connectivity index (χ1v) is 9.09. The molecule has 0 unspecified atom stereocenters. The molecule has 5 N–H and O–H groups in total. The van der Waals surface area contributed by atoms with Gasteiger partial charge in [-0.25, -0.2) is 14.4 Å². The highest BCUT2D eigenvalue weighted by Crippen LogP contribution is 2.07. The van der Waals surface area contributed by atoms with Crippen molar-refractivity contribution in [2.24, 2.45) is 0 Å². The molecule has 30 heavy (non-hydrogen) atoms. The first-order valence-electron chi connectivity index (χ1n) is 9.09. The van der Waals surface area contributed by atoms with Crippen molar-refractivity contribution in [3.05, 3.63) is 35.4 Å². The summed E-state index contributed by atoms with van der Waals surface area (Å²) < 4.78 is 4.69. The van der Waals surface area contributed by atoms with E-state index in [4.69, 9.17) is 15.3 Å². The molecule has 11 heteroatoms. The highest BCUT2D eigenvalue weighted by Gasteiger charge is 2.27. The van der Waals surface area contributed by atoms with Crippen LogP contribution in [0.1, 0.15) is 41.6 Å². The molecule has 0 aromatic heterocycles. The number of aryl methyl sites for hydroxylation is 1. The van der Waals surface area contributed by atoms with E-state index in [1.807, 2.05) is 12.2 Å². The third kappa shape index (κ3) is 9.04. The Morgan fingerprint density at radius 1 is 0.967 bits per heavy atom. The van der Waals surface area contributed by atoms with Gasteiger partial charge in [0.1, 0.15) is 6.04 Å². The number of hydrogen-bond acceptors (Lipinski definition) is 6. The summed E-state index contributed by atoms with van der Waals surface area (Å²) >= 11 is 0. The number of carboxylic acid groups (broad SMARTS) is 3. The van der Waals surface area contributed by atoms with Crippen LogP contribution in [0.25, 0.3) is 0 Å². The minimum absolute atomic E-state index is 0.0696. The van der Waals surface area contributed by atoms with E-state index < -0.39 is 42.6 Å². The molecular formula is C19H24N2O9. The van der Waals surface area contributed by atoms with Crippen molar-refractivity contribution in [2.45, 2.75) is 44.8 Å². The fourth-order valence-electron chi connectivity index (χ4n) is 2.38. The number of amides is 2. The van der Waals surface area contributed by atoms with E-state index in [0.29, 0.717) is 18.4 Å². The molecule has 2 amide bonds. The van der Waals surface area contributed by atoms with Crippen LogP contribution in [0.3, 0.4) is 0 Å².